The fraction of sp³-hybridized carbons (Fsp3) is 0.286. The highest BCUT2D eigenvalue weighted by molar-refractivity contribution is 5.91. The molecule has 0 radical (unpaired) electrons. The van der Waals surface area contributed by atoms with Crippen molar-refractivity contribution >= 4 is 23.8 Å². The van der Waals surface area contributed by atoms with Gasteiger partial charge >= 0.3 is 0 Å². The van der Waals surface area contributed by atoms with Crippen LogP contribution < -0.4 is 4.74 Å². The second-order valence-corrected chi connectivity index (χ2v) is 3.93. The molecule has 19 heavy (non-hydrogen) atoms. The van der Waals surface area contributed by atoms with Crippen LogP contribution in [0, 0.1) is 0 Å². The van der Waals surface area contributed by atoms with Crippen LogP contribution >= 0.6 is 0 Å². The maximum atomic E-state index is 11.4. The lowest BCUT2D eigenvalue weighted by molar-refractivity contribution is -0.123. The summed E-state index contributed by atoms with van der Waals surface area (Å²) in [7, 11) is 3.36. The standard InChI is InChI=1S/C14H16N2O3/c1-4-19-13-9-11(5-7-12(13)15-10-17)6-8-14(18)16(2)3/h5-9H,4H2,1-3H3. The van der Waals surface area contributed by atoms with E-state index in [-0.39, 0.29) is 5.91 Å². The van der Waals surface area contributed by atoms with Gasteiger partial charge in [-0.05, 0) is 30.7 Å². The van der Waals surface area contributed by atoms with Crippen molar-refractivity contribution in [1.29, 1.82) is 0 Å². The first-order valence-electron chi connectivity index (χ1n) is 5.82. The van der Waals surface area contributed by atoms with Crippen LogP contribution in [0.15, 0.2) is 29.3 Å². The summed E-state index contributed by atoms with van der Waals surface area (Å²) in [5.74, 6) is 0.387. The van der Waals surface area contributed by atoms with Crippen LogP contribution in [0.5, 0.6) is 5.75 Å². The summed E-state index contributed by atoms with van der Waals surface area (Å²) in [6.07, 6.45) is 4.63. The van der Waals surface area contributed by atoms with Gasteiger partial charge in [-0.25, -0.2) is 4.79 Å². The average molecular weight is 260 g/mol. The SMILES string of the molecule is CCOc1cc(C=CC(=O)N(C)C)ccc1N=C=O. The summed E-state index contributed by atoms with van der Waals surface area (Å²) in [6.45, 7) is 2.30. The lowest BCUT2D eigenvalue weighted by Crippen LogP contribution is -2.18. The van der Waals surface area contributed by atoms with Gasteiger partial charge in [0.2, 0.25) is 12.0 Å². The number of hydrogen-bond acceptors (Lipinski definition) is 4. The molecule has 0 aromatic heterocycles. The topological polar surface area (TPSA) is 59.0 Å². The molecule has 0 N–H and O–H groups in total. The third kappa shape index (κ3) is 4.41. The number of isocyanates is 1. The molecule has 0 aliphatic heterocycles. The minimum Gasteiger partial charge on any atom is -0.492 e. The van der Waals surface area contributed by atoms with Gasteiger partial charge in [0, 0.05) is 20.2 Å². The van der Waals surface area contributed by atoms with Gasteiger partial charge in [-0.1, -0.05) is 6.07 Å². The zero-order chi connectivity index (χ0) is 14.3. The Balaban J connectivity index is 3.01. The van der Waals surface area contributed by atoms with E-state index in [1.54, 1.807) is 38.4 Å². The van der Waals surface area contributed by atoms with Crippen molar-refractivity contribution in [2.75, 3.05) is 20.7 Å². The number of hydrogen-bond donors (Lipinski definition) is 0. The number of carbonyl (C=O) groups is 1. The van der Waals surface area contributed by atoms with Gasteiger partial charge in [0.25, 0.3) is 0 Å². The molecular formula is C14H16N2O3. The molecule has 0 fully saturated rings. The average Bonchev–Trinajstić information content (AvgIpc) is 2.39. The van der Waals surface area contributed by atoms with E-state index in [0.717, 1.165) is 5.56 Å². The summed E-state index contributed by atoms with van der Waals surface area (Å²) < 4.78 is 5.38. The Hall–Kier alpha value is -2.39. The predicted octanol–water partition coefficient (Wildman–Crippen LogP) is 2.15. The quantitative estimate of drug-likeness (QED) is 0.463. The van der Waals surface area contributed by atoms with Gasteiger partial charge < -0.3 is 9.64 Å². The van der Waals surface area contributed by atoms with E-state index in [1.807, 2.05) is 6.92 Å². The minimum atomic E-state index is -0.104. The monoisotopic (exact) mass is 260 g/mol. The van der Waals surface area contributed by atoms with Crippen LogP contribution in [0.3, 0.4) is 0 Å². The highest BCUT2D eigenvalue weighted by atomic mass is 16.5. The van der Waals surface area contributed by atoms with Crippen molar-refractivity contribution in [3.8, 4) is 5.75 Å². The van der Waals surface area contributed by atoms with Crippen LogP contribution in [0.1, 0.15) is 12.5 Å². The number of aliphatic imine (C=N–C) groups is 1. The molecule has 1 aromatic rings. The zero-order valence-electron chi connectivity index (χ0n) is 11.2. The van der Waals surface area contributed by atoms with Crippen LogP contribution in [0.25, 0.3) is 6.08 Å². The lowest BCUT2D eigenvalue weighted by Gasteiger charge is -2.07. The summed E-state index contributed by atoms with van der Waals surface area (Å²) in [4.78, 5) is 26.8. The number of benzene rings is 1. The second kappa shape index (κ2) is 7.13. The van der Waals surface area contributed by atoms with Gasteiger partial charge in [0.05, 0.1) is 6.61 Å². The molecule has 0 aliphatic rings. The van der Waals surface area contributed by atoms with E-state index in [4.69, 9.17) is 4.74 Å². The summed E-state index contributed by atoms with van der Waals surface area (Å²) in [5.41, 5.74) is 1.22. The maximum absolute atomic E-state index is 11.4. The minimum absolute atomic E-state index is 0.104. The Bertz CT molecular complexity index is 529. The molecule has 1 aromatic carbocycles. The molecule has 0 heterocycles. The van der Waals surface area contributed by atoms with Gasteiger partial charge in [0.15, 0.2) is 0 Å². The summed E-state index contributed by atoms with van der Waals surface area (Å²) in [5, 5.41) is 0. The molecule has 0 saturated heterocycles. The van der Waals surface area contributed by atoms with Crippen molar-refractivity contribution in [2.45, 2.75) is 6.92 Å². The Kier molecular flexibility index (Phi) is 5.51. The molecule has 0 atom stereocenters. The van der Waals surface area contributed by atoms with Crippen molar-refractivity contribution in [2.24, 2.45) is 4.99 Å². The molecule has 0 aliphatic carbocycles. The first-order valence-corrected chi connectivity index (χ1v) is 5.82. The maximum Gasteiger partial charge on any atom is 0.246 e. The number of nitrogens with zero attached hydrogens (tertiary/aromatic N) is 2. The summed E-state index contributed by atoms with van der Waals surface area (Å²) in [6, 6.07) is 5.12. The molecule has 0 spiro atoms. The van der Waals surface area contributed by atoms with Gasteiger partial charge in [0.1, 0.15) is 11.4 Å². The number of amides is 1. The highest BCUT2D eigenvalue weighted by Gasteiger charge is 2.04. The van der Waals surface area contributed by atoms with Crippen molar-refractivity contribution in [1.82, 2.24) is 4.90 Å². The van der Waals surface area contributed by atoms with Gasteiger partial charge in [-0.15, -0.1) is 0 Å². The normalized spacial score (nSPS) is 10.1. The van der Waals surface area contributed by atoms with E-state index in [0.29, 0.717) is 18.0 Å². The Morgan fingerprint density at radius 2 is 2.21 bits per heavy atom. The molecule has 5 heteroatoms. The fourth-order valence-corrected chi connectivity index (χ4v) is 1.36. The molecule has 5 nitrogen and oxygen atoms in total. The smallest absolute Gasteiger partial charge is 0.246 e. The van der Waals surface area contributed by atoms with Crippen molar-refractivity contribution in [3.05, 3.63) is 29.8 Å². The van der Waals surface area contributed by atoms with Crippen LogP contribution in [0.2, 0.25) is 0 Å². The largest absolute Gasteiger partial charge is 0.492 e. The third-order valence-corrected chi connectivity index (χ3v) is 2.31. The predicted molar refractivity (Wildman–Crippen MR) is 73.1 cm³/mol. The Labute approximate surface area is 112 Å². The Morgan fingerprint density at radius 3 is 2.79 bits per heavy atom. The van der Waals surface area contributed by atoms with Crippen LogP contribution in [-0.4, -0.2) is 37.6 Å². The molecule has 0 unspecified atom stereocenters. The first kappa shape index (κ1) is 14.7. The number of carbonyl (C=O) groups excluding carboxylic acids is 2. The second-order valence-electron chi connectivity index (χ2n) is 3.93. The molecule has 0 bridgehead atoms. The van der Waals surface area contributed by atoms with E-state index in [1.165, 1.54) is 17.1 Å². The molecule has 1 rings (SSSR count). The molecular weight excluding hydrogens is 244 g/mol. The van der Waals surface area contributed by atoms with Gasteiger partial charge in [-0.2, -0.15) is 4.99 Å². The van der Waals surface area contributed by atoms with E-state index in [2.05, 4.69) is 4.99 Å². The summed E-state index contributed by atoms with van der Waals surface area (Å²) >= 11 is 0. The third-order valence-electron chi connectivity index (χ3n) is 2.31. The number of likely N-dealkylation sites (N-methyl/N-ethyl adjacent to an activating group) is 1. The molecule has 1 amide bonds. The molecule has 100 valence electrons. The number of ether oxygens (including phenoxy) is 1. The van der Waals surface area contributed by atoms with Crippen LogP contribution in [0.4, 0.5) is 5.69 Å². The van der Waals surface area contributed by atoms with Crippen molar-refractivity contribution in [3.63, 3.8) is 0 Å². The fourth-order valence-electron chi connectivity index (χ4n) is 1.36. The van der Waals surface area contributed by atoms with E-state index < -0.39 is 0 Å². The zero-order valence-corrected chi connectivity index (χ0v) is 11.2. The Morgan fingerprint density at radius 1 is 1.47 bits per heavy atom. The molecule has 0 saturated carbocycles. The lowest BCUT2D eigenvalue weighted by atomic mass is 10.1. The highest BCUT2D eigenvalue weighted by Crippen LogP contribution is 2.28. The number of rotatable bonds is 5. The van der Waals surface area contributed by atoms with E-state index >= 15 is 0 Å². The van der Waals surface area contributed by atoms with Crippen molar-refractivity contribution < 1.29 is 14.3 Å². The van der Waals surface area contributed by atoms with Crippen LogP contribution in [-0.2, 0) is 9.59 Å². The van der Waals surface area contributed by atoms with Gasteiger partial charge in [-0.3, -0.25) is 4.79 Å². The van der Waals surface area contributed by atoms with E-state index in [9.17, 15) is 9.59 Å². The first-order chi connectivity index (χ1) is 9.08.